The van der Waals surface area contributed by atoms with Crippen molar-refractivity contribution in [3.8, 4) is 0 Å². The molecule has 4 nitrogen and oxygen atoms in total. The Morgan fingerprint density at radius 2 is 2.31 bits per heavy atom. The Balaban J connectivity index is 2.45. The lowest BCUT2D eigenvalue weighted by Crippen LogP contribution is -2.04. The Labute approximate surface area is 77.7 Å². The number of hydrogen-bond donors (Lipinski definition) is 3. The van der Waals surface area contributed by atoms with Gasteiger partial charge >= 0.3 is 0 Å². The van der Waals surface area contributed by atoms with Gasteiger partial charge in [-0.2, -0.15) is 0 Å². The van der Waals surface area contributed by atoms with E-state index in [0.29, 0.717) is 24.6 Å². The number of hydrogen-bond acceptors (Lipinski definition) is 4. The first-order valence-electron chi connectivity index (χ1n) is 4.14. The smallest absolute Gasteiger partial charge is 0.149 e. The molecule has 5 N–H and O–H groups in total. The average molecular weight is 178 g/mol. The number of aromatic nitrogens is 1. The van der Waals surface area contributed by atoms with Crippen LogP contribution in [-0.4, -0.2) is 18.1 Å². The van der Waals surface area contributed by atoms with Gasteiger partial charge in [-0.3, -0.25) is 0 Å². The molecule has 1 rings (SSSR count). The zero-order chi connectivity index (χ0) is 9.52. The molecule has 1 aromatic heterocycles. The lowest BCUT2D eigenvalue weighted by Gasteiger charge is -2.04. The lowest BCUT2D eigenvalue weighted by atomic mass is 10.4. The highest BCUT2D eigenvalue weighted by Gasteiger charge is 1.94. The van der Waals surface area contributed by atoms with Crippen LogP contribution in [-0.2, 0) is 0 Å². The molecule has 0 aromatic carbocycles. The van der Waals surface area contributed by atoms with Crippen LogP contribution in [0, 0.1) is 0 Å². The van der Waals surface area contributed by atoms with Crippen LogP contribution in [0.5, 0.6) is 0 Å². The van der Waals surface area contributed by atoms with Crippen molar-refractivity contribution < 1.29 is 0 Å². The molecule has 0 saturated carbocycles. The number of anilines is 2. The summed E-state index contributed by atoms with van der Waals surface area (Å²) in [5.74, 6) is 0.712. The molecule has 0 atom stereocenters. The molecule has 70 valence electrons. The Bertz CT molecular complexity index is 283. The molecule has 0 aliphatic rings. The maximum atomic E-state index is 5.66. The highest BCUT2D eigenvalue weighted by atomic mass is 15.0. The van der Waals surface area contributed by atoms with Gasteiger partial charge in [-0.25, -0.2) is 4.98 Å². The predicted molar refractivity (Wildman–Crippen MR) is 55.3 cm³/mol. The fraction of sp³-hybridized carbons (Fsp3) is 0.222. The van der Waals surface area contributed by atoms with Crippen LogP contribution in [0.25, 0.3) is 0 Å². The number of nitrogens with zero attached hydrogens (tertiary/aromatic N) is 1. The summed E-state index contributed by atoms with van der Waals surface area (Å²) < 4.78 is 0. The van der Waals surface area contributed by atoms with Gasteiger partial charge in [0.1, 0.15) is 5.82 Å². The summed E-state index contributed by atoms with van der Waals surface area (Å²) in [6.45, 7) is 1.25. The second-order valence-corrected chi connectivity index (χ2v) is 2.53. The molecule has 0 aliphatic carbocycles. The first kappa shape index (κ1) is 9.54. The van der Waals surface area contributed by atoms with Gasteiger partial charge in [-0.15, -0.1) is 0 Å². The molecule has 0 amide bonds. The first-order valence-corrected chi connectivity index (χ1v) is 4.14. The summed E-state index contributed by atoms with van der Waals surface area (Å²) in [5.41, 5.74) is 11.6. The van der Waals surface area contributed by atoms with E-state index in [4.69, 9.17) is 11.5 Å². The van der Waals surface area contributed by atoms with E-state index in [0.717, 1.165) is 0 Å². The molecule has 0 fully saturated rings. The van der Waals surface area contributed by atoms with E-state index in [1.807, 2.05) is 18.2 Å². The fourth-order valence-corrected chi connectivity index (χ4v) is 0.901. The van der Waals surface area contributed by atoms with Crippen LogP contribution in [0.3, 0.4) is 0 Å². The molecule has 0 radical (unpaired) electrons. The molecule has 0 aliphatic heterocycles. The Hall–Kier alpha value is -1.55. The van der Waals surface area contributed by atoms with Crippen LogP contribution in [0.2, 0.25) is 0 Å². The predicted octanol–water partition coefficient (Wildman–Crippen LogP) is 0.591. The van der Waals surface area contributed by atoms with Crippen molar-refractivity contribution in [1.82, 2.24) is 4.98 Å². The summed E-state index contributed by atoms with van der Waals surface area (Å²) in [5, 5.41) is 3.07. The third kappa shape index (κ3) is 3.13. The zero-order valence-electron chi connectivity index (χ0n) is 7.40. The number of pyridine rings is 1. The first-order chi connectivity index (χ1) is 6.34. The molecule has 1 heterocycles. The van der Waals surface area contributed by atoms with E-state index >= 15 is 0 Å². The Morgan fingerprint density at radius 3 is 3.00 bits per heavy atom. The minimum atomic E-state index is 0.555. The summed E-state index contributed by atoms with van der Waals surface area (Å²) in [7, 11) is 0. The van der Waals surface area contributed by atoms with Gasteiger partial charge < -0.3 is 16.8 Å². The van der Waals surface area contributed by atoms with Gasteiger partial charge in [-0.1, -0.05) is 12.2 Å². The van der Waals surface area contributed by atoms with Gasteiger partial charge in [0.05, 0.1) is 5.69 Å². The molecule has 13 heavy (non-hydrogen) atoms. The van der Waals surface area contributed by atoms with E-state index < -0.39 is 0 Å². The van der Waals surface area contributed by atoms with E-state index in [1.54, 1.807) is 12.3 Å². The SMILES string of the molecule is NCC=CCNc1ncccc1N. The van der Waals surface area contributed by atoms with Crippen molar-refractivity contribution in [3.05, 3.63) is 30.5 Å². The van der Waals surface area contributed by atoms with Crippen molar-refractivity contribution >= 4 is 11.5 Å². The van der Waals surface area contributed by atoms with E-state index in [1.165, 1.54) is 0 Å². The maximum absolute atomic E-state index is 5.66. The number of nitrogens with two attached hydrogens (primary N) is 2. The van der Waals surface area contributed by atoms with Gasteiger partial charge in [0.15, 0.2) is 0 Å². The third-order valence-electron chi connectivity index (χ3n) is 1.53. The quantitative estimate of drug-likeness (QED) is 0.590. The average Bonchev–Trinajstić information content (AvgIpc) is 2.15. The molecular formula is C9H14N4. The van der Waals surface area contributed by atoms with Crippen molar-refractivity contribution in [3.63, 3.8) is 0 Å². The van der Waals surface area contributed by atoms with E-state index in [2.05, 4.69) is 10.3 Å². The highest BCUT2D eigenvalue weighted by Crippen LogP contribution is 2.11. The minimum absolute atomic E-state index is 0.555. The van der Waals surface area contributed by atoms with Crippen molar-refractivity contribution in [2.45, 2.75) is 0 Å². The van der Waals surface area contributed by atoms with Crippen LogP contribution >= 0.6 is 0 Å². The van der Waals surface area contributed by atoms with E-state index in [9.17, 15) is 0 Å². The summed E-state index contributed by atoms with van der Waals surface area (Å²) in [6.07, 6.45) is 5.52. The van der Waals surface area contributed by atoms with Crippen molar-refractivity contribution in [1.29, 1.82) is 0 Å². The Kier molecular flexibility index (Phi) is 3.78. The maximum Gasteiger partial charge on any atom is 0.149 e. The monoisotopic (exact) mass is 178 g/mol. The lowest BCUT2D eigenvalue weighted by molar-refractivity contribution is 1.20. The van der Waals surface area contributed by atoms with Crippen LogP contribution in [0.4, 0.5) is 11.5 Å². The van der Waals surface area contributed by atoms with Crippen molar-refractivity contribution in [2.75, 3.05) is 24.1 Å². The van der Waals surface area contributed by atoms with Gasteiger partial charge in [0.2, 0.25) is 0 Å². The number of nitrogens with one attached hydrogen (secondary N) is 1. The molecule has 0 spiro atoms. The minimum Gasteiger partial charge on any atom is -0.396 e. The number of nitrogen functional groups attached to an aromatic ring is 1. The zero-order valence-corrected chi connectivity index (χ0v) is 7.40. The molecule has 0 unspecified atom stereocenters. The van der Waals surface area contributed by atoms with Crippen LogP contribution < -0.4 is 16.8 Å². The van der Waals surface area contributed by atoms with Crippen LogP contribution in [0.1, 0.15) is 0 Å². The summed E-state index contributed by atoms with van der Waals surface area (Å²) in [4.78, 5) is 4.07. The van der Waals surface area contributed by atoms with Gasteiger partial charge in [0, 0.05) is 19.3 Å². The van der Waals surface area contributed by atoms with Crippen molar-refractivity contribution in [2.24, 2.45) is 5.73 Å². The molecule has 0 saturated heterocycles. The molecule has 0 bridgehead atoms. The van der Waals surface area contributed by atoms with Crippen LogP contribution in [0.15, 0.2) is 30.5 Å². The molecule has 1 aromatic rings. The largest absolute Gasteiger partial charge is 0.396 e. The summed E-state index contributed by atoms with van der Waals surface area (Å²) in [6, 6.07) is 3.61. The molecular weight excluding hydrogens is 164 g/mol. The third-order valence-corrected chi connectivity index (χ3v) is 1.53. The highest BCUT2D eigenvalue weighted by molar-refractivity contribution is 5.60. The fourth-order valence-electron chi connectivity index (χ4n) is 0.901. The number of rotatable bonds is 4. The standard InChI is InChI=1S/C9H14N4/c10-5-1-2-6-12-9-8(11)4-3-7-13-9/h1-4,7H,5-6,10-11H2,(H,12,13). The topological polar surface area (TPSA) is 77.0 Å². The normalized spacial score (nSPS) is 10.5. The molecule has 4 heteroatoms. The second-order valence-electron chi connectivity index (χ2n) is 2.53. The summed E-state index contributed by atoms with van der Waals surface area (Å²) >= 11 is 0. The van der Waals surface area contributed by atoms with E-state index in [-0.39, 0.29) is 0 Å². The van der Waals surface area contributed by atoms with Gasteiger partial charge in [-0.05, 0) is 12.1 Å². The Morgan fingerprint density at radius 1 is 1.46 bits per heavy atom. The van der Waals surface area contributed by atoms with Gasteiger partial charge in [0.25, 0.3) is 0 Å². The second kappa shape index (κ2) is 5.16.